The number of aliphatic imine (C=N–C) groups is 1. The van der Waals surface area contributed by atoms with Crippen LogP contribution in [-0.2, 0) is 16.8 Å². The maximum absolute atomic E-state index is 13.1. The molecule has 1 aliphatic heterocycles. The van der Waals surface area contributed by atoms with Gasteiger partial charge in [-0.2, -0.15) is 5.10 Å². The van der Waals surface area contributed by atoms with Crippen molar-refractivity contribution in [1.82, 2.24) is 15.3 Å². The van der Waals surface area contributed by atoms with Gasteiger partial charge in [-0.25, -0.2) is 24.0 Å². The lowest BCUT2D eigenvalue weighted by atomic mass is 9.96. The molecule has 0 amide bonds. The van der Waals surface area contributed by atoms with Crippen LogP contribution >= 0.6 is 11.6 Å². The van der Waals surface area contributed by atoms with Crippen molar-refractivity contribution in [3.05, 3.63) is 46.2 Å². The minimum Gasteiger partial charge on any atom is -0.335 e. The Labute approximate surface area is 172 Å². The number of hydrogen-bond acceptors (Lipinski definition) is 5. The summed E-state index contributed by atoms with van der Waals surface area (Å²) in [5.74, 6) is -0.340. The number of fused-ring (bicyclic) bond motifs is 2. The molecule has 2 heterocycles. The van der Waals surface area contributed by atoms with E-state index >= 15 is 0 Å². The second kappa shape index (κ2) is 8.49. The van der Waals surface area contributed by atoms with Crippen LogP contribution < -0.4 is 5.48 Å². The minimum absolute atomic E-state index is 0.176. The van der Waals surface area contributed by atoms with Gasteiger partial charge in [0.2, 0.25) is 0 Å². The third-order valence-corrected chi connectivity index (χ3v) is 5.14. The van der Waals surface area contributed by atoms with Gasteiger partial charge in [0.15, 0.2) is 5.69 Å². The zero-order valence-electron chi connectivity index (χ0n) is 16.5. The fourth-order valence-electron chi connectivity index (χ4n) is 3.40. The van der Waals surface area contributed by atoms with E-state index < -0.39 is 12.4 Å². The van der Waals surface area contributed by atoms with E-state index in [-0.39, 0.29) is 16.8 Å². The van der Waals surface area contributed by atoms with Crippen LogP contribution in [0.25, 0.3) is 0 Å². The number of nitrogens with zero attached hydrogens (tertiary/aromatic N) is 3. The van der Waals surface area contributed by atoms with Crippen LogP contribution in [0.4, 0.5) is 14.5 Å². The molecular weight excluding hydrogens is 402 g/mol. The Kier molecular flexibility index (Phi) is 6.21. The number of amidine groups is 1. The molecule has 2 aromatic rings. The van der Waals surface area contributed by atoms with Crippen molar-refractivity contribution in [2.75, 3.05) is 0 Å². The zero-order chi connectivity index (χ0) is 21.2. The van der Waals surface area contributed by atoms with Crippen LogP contribution in [-0.4, -0.2) is 21.6 Å². The third-order valence-electron chi connectivity index (χ3n) is 4.83. The molecule has 1 spiro atoms. The average molecular weight is 425 g/mol. The summed E-state index contributed by atoms with van der Waals surface area (Å²) >= 11 is 6.30. The first kappa shape index (κ1) is 21.2. The molecule has 0 radical (unpaired) electrons. The first-order valence-corrected chi connectivity index (χ1v) is 10.1. The maximum atomic E-state index is 13.1. The van der Waals surface area contributed by atoms with Gasteiger partial charge in [-0.3, -0.25) is 4.68 Å². The molecule has 0 saturated heterocycles. The van der Waals surface area contributed by atoms with Gasteiger partial charge in [-0.15, -0.1) is 0 Å². The molecule has 1 fully saturated rings. The molecule has 0 unspecified atom stereocenters. The van der Waals surface area contributed by atoms with Crippen LogP contribution in [0.1, 0.15) is 68.2 Å². The lowest BCUT2D eigenvalue weighted by molar-refractivity contribution is 0.0372. The van der Waals surface area contributed by atoms with E-state index in [0.29, 0.717) is 23.8 Å². The van der Waals surface area contributed by atoms with E-state index in [4.69, 9.17) is 16.4 Å². The van der Waals surface area contributed by atoms with Crippen LogP contribution in [0.5, 0.6) is 0 Å². The number of carbonyl (C=O) groups excluding carboxylic acids is 1. The van der Waals surface area contributed by atoms with Gasteiger partial charge in [-0.1, -0.05) is 38.4 Å². The first-order valence-electron chi connectivity index (χ1n) is 9.67. The monoisotopic (exact) mass is 424 g/mol. The SMILES string of the molecule is CC.CCCn1nc(C(=O)ONC2=Nc3cccc(Cl)c3C23CC3)cc1C(F)F. The van der Waals surface area contributed by atoms with Crippen molar-refractivity contribution in [2.24, 2.45) is 4.99 Å². The van der Waals surface area contributed by atoms with E-state index in [9.17, 15) is 13.6 Å². The highest BCUT2D eigenvalue weighted by molar-refractivity contribution is 6.32. The van der Waals surface area contributed by atoms with Crippen LogP contribution in [0.3, 0.4) is 0 Å². The Bertz CT molecular complexity index is 939. The Morgan fingerprint density at radius 1 is 1.38 bits per heavy atom. The Hall–Kier alpha value is -2.48. The Morgan fingerprint density at radius 2 is 2.10 bits per heavy atom. The molecule has 29 heavy (non-hydrogen) atoms. The molecule has 1 N–H and O–H groups in total. The highest BCUT2D eigenvalue weighted by Gasteiger charge is 2.55. The minimum atomic E-state index is -2.72. The number of aryl methyl sites for hydroxylation is 1. The zero-order valence-corrected chi connectivity index (χ0v) is 17.3. The van der Waals surface area contributed by atoms with Gasteiger partial charge in [0.05, 0.1) is 11.1 Å². The average Bonchev–Trinajstić information content (AvgIpc) is 3.26. The van der Waals surface area contributed by atoms with Crippen LogP contribution in [0.2, 0.25) is 5.02 Å². The topological polar surface area (TPSA) is 68.5 Å². The fourth-order valence-corrected chi connectivity index (χ4v) is 3.75. The summed E-state index contributed by atoms with van der Waals surface area (Å²) in [6, 6.07) is 6.51. The maximum Gasteiger partial charge on any atom is 0.383 e. The summed E-state index contributed by atoms with van der Waals surface area (Å²) in [6.07, 6.45) is -0.419. The van der Waals surface area contributed by atoms with Crippen LogP contribution in [0, 0.1) is 0 Å². The second-order valence-electron chi connectivity index (χ2n) is 6.65. The summed E-state index contributed by atoms with van der Waals surface area (Å²) in [5.41, 5.74) is 3.43. The summed E-state index contributed by atoms with van der Waals surface area (Å²) < 4.78 is 27.3. The first-order chi connectivity index (χ1) is 14.0. The quantitative estimate of drug-likeness (QED) is 0.672. The summed E-state index contributed by atoms with van der Waals surface area (Å²) in [7, 11) is 0. The number of benzene rings is 1. The Balaban J connectivity index is 0.00000117. The number of aromatic nitrogens is 2. The lowest BCUT2D eigenvalue weighted by Crippen LogP contribution is -2.34. The van der Waals surface area contributed by atoms with Crippen molar-refractivity contribution >= 4 is 29.1 Å². The molecule has 1 aromatic heterocycles. The number of carbonyl (C=O) groups is 1. The molecular formula is C20H23ClF2N4O2. The molecule has 2 aliphatic rings. The lowest BCUT2D eigenvalue weighted by Gasteiger charge is -2.14. The third kappa shape index (κ3) is 3.85. The number of nitrogens with one attached hydrogen (secondary N) is 1. The molecule has 1 saturated carbocycles. The van der Waals surface area contributed by atoms with E-state index in [2.05, 4.69) is 15.6 Å². The number of alkyl halides is 2. The van der Waals surface area contributed by atoms with Gasteiger partial charge >= 0.3 is 5.97 Å². The largest absolute Gasteiger partial charge is 0.383 e. The number of rotatable bonds is 4. The van der Waals surface area contributed by atoms with Gasteiger partial charge < -0.3 is 4.84 Å². The molecule has 0 atom stereocenters. The summed E-state index contributed by atoms with van der Waals surface area (Å²) in [6.45, 7) is 6.14. The van der Waals surface area contributed by atoms with Crippen LogP contribution in [0.15, 0.2) is 29.3 Å². The predicted octanol–water partition coefficient (Wildman–Crippen LogP) is 5.35. The molecule has 4 rings (SSSR count). The smallest absolute Gasteiger partial charge is 0.335 e. The Morgan fingerprint density at radius 3 is 2.72 bits per heavy atom. The highest BCUT2D eigenvalue weighted by atomic mass is 35.5. The summed E-state index contributed by atoms with van der Waals surface area (Å²) in [5, 5.41) is 4.56. The molecule has 156 valence electrons. The number of hydroxylamine groups is 1. The van der Waals surface area contributed by atoms with E-state index in [1.54, 1.807) is 6.07 Å². The number of hydrogen-bond donors (Lipinski definition) is 1. The van der Waals surface area contributed by atoms with Crippen molar-refractivity contribution in [3.63, 3.8) is 0 Å². The highest BCUT2D eigenvalue weighted by Crippen LogP contribution is 2.58. The molecule has 6 nitrogen and oxygen atoms in total. The molecule has 9 heteroatoms. The predicted molar refractivity (Wildman–Crippen MR) is 107 cm³/mol. The second-order valence-corrected chi connectivity index (χ2v) is 7.05. The van der Waals surface area contributed by atoms with Crippen molar-refractivity contribution in [2.45, 2.75) is 58.4 Å². The van der Waals surface area contributed by atoms with E-state index in [1.807, 2.05) is 32.9 Å². The van der Waals surface area contributed by atoms with Gasteiger partial charge in [-0.05, 0) is 31.4 Å². The van der Waals surface area contributed by atoms with Gasteiger partial charge in [0, 0.05) is 23.2 Å². The standard InChI is InChI=1S/C18H17ClF2N4O2.C2H6/c1-2-8-25-13(15(20)21)9-12(23-25)16(26)27-24-17-18(6-7-18)14-10(19)4-3-5-11(14)22-17;1-2/h3-5,9,15H,2,6-8H2,1H3,(H,22,24);1-2H3. The fraction of sp³-hybridized carbons (Fsp3) is 0.450. The van der Waals surface area contributed by atoms with E-state index in [1.165, 1.54) is 0 Å². The van der Waals surface area contributed by atoms with Gasteiger partial charge in [0.25, 0.3) is 6.43 Å². The summed E-state index contributed by atoms with van der Waals surface area (Å²) in [4.78, 5) is 21.9. The van der Waals surface area contributed by atoms with Crippen molar-refractivity contribution in [1.29, 1.82) is 0 Å². The number of halogens is 3. The van der Waals surface area contributed by atoms with Crippen molar-refractivity contribution in [3.8, 4) is 0 Å². The molecule has 0 bridgehead atoms. The van der Waals surface area contributed by atoms with E-state index in [0.717, 1.165) is 34.8 Å². The molecule has 1 aromatic carbocycles. The molecule has 1 aliphatic carbocycles. The normalized spacial score (nSPS) is 15.5. The van der Waals surface area contributed by atoms with Gasteiger partial charge in [0.1, 0.15) is 11.5 Å². The van der Waals surface area contributed by atoms with Crippen molar-refractivity contribution < 1.29 is 18.4 Å².